The summed E-state index contributed by atoms with van der Waals surface area (Å²) in [5.74, 6) is 1.96. The van der Waals surface area contributed by atoms with Crippen LogP contribution in [0.15, 0.2) is 48.7 Å². The number of benzene rings is 2. The van der Waals surface area contributed by atoms with Crippen LogP contribution in [0.1, 0.15) is 27.9 Å². The van der Waals surface area contributed by atoms with Crippen molar-refractivity contribution in [2.24, 2.45) is 0 Å². The number of carbonyl (C=O) groups excluding carboxylic acids is 2. The zero-order valence-electron chi connectivity index (χ0n) is 21.3. The fourth-order valence-electron chi connectivity index (χ4n) is 4.61. The second kappa shape index (κ2) is 10.8. The fourth-order valence-corrected chi connectivity index (χ4v) is 4.61. The Morgan fingerprint density at radius 3 is 2.84 bits per heavy atom. The molecule has 11 heteroatoms. The van der Waals surface area contributed by atoms with E-state index >= 15 is 0 Å². The van der Waals surface area contributed by atoms with Crippen molar-refractivity contribution in [3.8, 4) is 17.2 Å². The molecule has 4 bridgehead atoms. The standard InChI is InChI=1S/C27H30N6O5/c1-16-3-4-17-11-22(16)37-15-25(34)30-13-18-5-6-19(12-23(18)36-2)38-21-8-10-33(14-20(21)31-26(17)35)24-7-9-29-27(28)32-24/h3-7,9,11-12,20-21H,8,10,13-15H2,1-2H3,(H,30,34)(H,31,35)(H2,28,29,32)/t20-,21+/m0/s1. The van der Waals surface area contributed by atoms with E-state index in [0.717, 1.165) is 11.1 Å². The number of nitrogens with zero attached hydrogens (tertiary/aromatic N) is 3. The molecule has 0 aliphatic carbocycles. The van der Waals surface area contributed by atoms with Gasteiger partial charge in [0.1, 0.15) is 29.2 Å². The van der Waals surface area contributed by atoms with Gasteiger partial charge >= 0.3 is 0 Å². The highest BCUT2D eigenvalue weighted by Crippen LogP contribution is 2.29. The number of carbonyl (C=O) groups is 2. The predicted octanol–water partition coefficient (Wildman–Crippen LogP) is 1.84. The molecule has 1 fully saturated rings. The number of nitrogens with two attached hydrogens (primary N) is 1. The molecule has 3 aliphatic rings. The Morgan fingerprint density at radius 2 is 2.03 bits per heavy atom. The molecular formula is C27H30N6O5. The molecule has 0 saturated carbocycles. The molecule has 1 saturated heterocycles. The van der Waals surface area contributed by atoms with Crippen LogP contribution in [0.3, 0.4) is 0 Å². The molecular weight excluding hydrogens is 488 g/mol. The average molecular weight is 519 g/mol. The molecule has 6 rings (SSSR count). The number of nitrogens with one attached hydrogen (secondary N) is 2. The molecule has 4 N–H and O–H groups in total. The summed E-state index contributed by atoms with van der Waals surface area (Å²) in [6, 6.07) is 12.1. The normalized spacial score (nSPS) is 19.8. The number of rotatable bonds is 2. The fraction of sp³-hybridized carbons (Fsp3) is 0.333. The number of fused-ring (bicyclic) bond motifs is 7. The maximum atomic E-state index is 13.4. The Kier molecular flexibility index (Phi) is 7.16. The minimum absolute atomic E-state index is 0.183. The number of nitrogen functional groups attached to an aromatic ring is 1. The summed E-state index contributed by atoms with van der Waals surface area (Å²) in [6.07, 6.45) is 1.92. The Bertz CT molecular complexity index is 1350. The van der Waals surface area contributed by atoms with Gasteiger partial charge in [0, 0.05) is 49.4 Å². The van der Waals surface area contributed by atoms with Gasteiger partial charge in [-0.3, -0.25) is 9.59 Å². The molecule has 2 atom stereocenters. The molecule has 3 aliphatic heterocycles. The third-order valence-electron chi connectivity index (χ3n) is 6.68. The van der Waals surface area contributed by atoms with Gasteiger partial charge in [0.15, 0.2) is 6.61 Å². The Labute approximate surface area is 220 Å². The predicted molar refractivity (Wildman–Crippen MR) is 140 cm³/mol. The van der Waals surface area contributed by atoms with Crippen LogP contribution in [0.25, 0.3) is 0 Å². The van der Waals surface area contributed by atoms with E-state index in [1.807, 2.05) is 19.1 Å². The minimum atomic E-state index is -0.372. The third kappa shape index (κ3) is 5.56. The molecule has 2 aromatic carbocycles. The first-order valence-corrected chi connectivity index (χ1v) is 12.4. The first-order valence-electron chi connectivity index (χ1n) is 12.4. The van der Waals surface area contributed by atoms with Gasteiger partial charge in [0.25, 0.3) is 11.8 Å². The zero-order chi connectivity index (χ0) is 26.6. The Hall–Kier alpha value is -4.54. The number of methoxy groups -OCH3 is 1. The number of aromatic nitrogens is 2. The SMILES string of the molecule is COc1cc2ccc1CNC(=O)COc1cc(ccc1C)C(=O)N[C@H]1CN(c3ccnc(N)n3)CC[C@H]1O2. The highest BCUT2D eigenvalue weighted by molar-refractivity contribution is 5.95. The molecule has 1 aromatic heterocycles. The van der Waals surface area contributed by atoms with Gasteiger partial charge in [0.2, 0.25) is 5.95 Å². The quantitative estimate of drug-likeness (QED) is 0.463. The van der Waals surface area contributed by atoms with Crippen LogP contribution in [0.4, 0.5) is 11.8 Å². The van der Waals surface area contributed by atoms with E-state index in [9.17, 15) is 9.59 Å². The monoisotopic (exact) mass is 518 g/mol. The number of hydrogen-bond acceptors (Lipinski definition) is 9. The van der Waals surface area contributed by atoms with Gasteiger partial charge in [-0.05, 0) is 42.8 Å². The van der Waals surface area contributed by atoms with E-state index in [0.29, 0.717) is 48.1 Å². The first kappa shape index (κ1) is 25.1. The van der Waals surface area contributed by atoms with Crippen molar-refractivity contribution < 1.29 is 23.8 Å². The third-order valence-corrected chi connectivity index (χ3v) is 6.68. The van der Waals surface area contributed by atoms with Crippen LogP contribution in [0.2, 0.25) is 0 Å². The number of hydrogen-bond donors (Lipinski definition) is 3. The molecule has 0 radical (unpaired) electrons. The van der Waals surface area contributed by atoms with Gasteiger partial charge in [-0.25, -0.2) is 4.98 Å². The molecule has 0 unspecified atom stereocenters. The molecule has 198 valence electrons. The van der Waals surface area contributed by atoms with Crippen LogP contribution >= 0.6 is 0 Å². The summed E-state index contributed by atoms with van der Waals surface area (Å²) in [4.78, 5) is 36.2. The number of piperidine rings is 1. The van der Waals surface area contributed by atoms with Crippen molar-refractivity contribution >= 4 is 23.6 Å². The topological polar surface area (TPSA) is 141 Å². The largest absolute Gasteiger partial charge is 0.496 e. The first-order chi connectivity index (χ1) is 18.4. The highest BCUT2D eigenvalue weighted by Gasteiger charge is 2.33. The lowest BCUT2D eigenvalue weighted by atomic mass is 10.0. The smallest absolute Gasteiger partial charge is 0.258 e. The van der Waals surface area contributed by atoms with E-state index in [4.69, 9.17) is 19.9 Å². The van der Waals surface area contributed by atoms with E-state index < -0.39 is 0 Å². The second-order valence-corrected chi connectivity index (χ2v) is 9.26. The highest BCUT2D eigenvalue weighted by atomic mass is 16.5. The number of ether oxygens (including phenoxy) is 3. The van der Waals surface area contributed by atoms with Gasteiger partial charge in [-0.15, -0.1) is 0 Å². The van der Waals surface area contributed by atoms with E-state index in [-0.39, 0.29) is 43.1 Å². The summed E-state index contributed by atoms with van der Waals surface area (Å²) >= 11 is 0. The van der Waals surface area contributed by atoms with Crippen molar-refractivity contribution in [1.82, 2.24) is 20.6 Å². The van der Waals surface area contributed by atoms with E-state index in [1.165, 1.54) is 0 Å². The van der Waals surface area contributed by atoms with Crippen LogP contribution in [0, 0.1) is 6.92 Å². The molecule has 3 aromatic rings. The number of anilines is 2. The summed E-state index contributed by atoms with van der Waals surface area (Å²) in [5.41, 5.74) is 7.85. The molecule has 38 heavy (non-hydrogen) atoms. The molecule has 0 spiro atoms. The maximum Gasteiger partial charge on any atom is 0.258 e. The van der Waals surface area contributed by atoms with E-state index in [1.54, 1.807) is 43.6 Å². The van der Waals surface area contributed by atoms with Crippen molar-refractivity contribution in [3.63, 3.8) is 0 Å². The van der Waals surface area contributed by atoms with Gasteiger partial charge < -0.3 is 35.5 Å². The van der Waals surface area contributed by atoms with Gasteiger partial charge in [-0.1, -0.05) is 6.07 Å². The maximum absolute atomic E-state index is 13.4. The van der Waals surface area contributed by atoms with Gasteiger partial charge in [-0.2, -0.15) is 4.98 Å². The number of aryl methyl sites for hydroxylation is 1. The van der Waals surface area contributed by atoms with Crippen molar-refractivity contribution in [3.05, 3.63) is 65.4 Å². The Morgan fingerprint density at radius 1 is 1.16 bits per heavy atom. The summed E-state index contributed by atoms with van der Waals surface area (Å²) < 4.78 is 17.7. The lowest BCUT2D eigenvalue weighted by Gasteiger charge is -2.39. The molecule has 11 nitrogen and oxygen atoms in total. The zero-order valence-corrected chi connectivity index (χ0v) is 21.3. The molecule has 4 heterocycles. The number of amides is 2. The summed E-state index contributed by atoms with van der Waals surface area (Å²) in [7, 11) is 1.57. The van der Waals surface area contributed by atoms with E-state index in [2.05, 4.69) is 25.5 Å². The minimum Gasteiger partial charge on any atom is -0.496 e. The van der Waals surface area contributed by atoms with Crippen LogP contribution in [-0.2, 0) is 11.3 Å². The van der Waals surface area contributed by atoms with Crippen LogP contribution < -0.4 is 35.5 Å². The second-order valence-electron chi connectivity index (χ2n) is 9.26. The van der Waals surface area contributed by atoms with Crippen molar-refractivity contribution in [1.29, 1.82) is 0 Å². The lowest BCUT2D eigenvalue weighted by Crippen LogP contribution is -2.57. The van der Waals surface area contributed by atoms with Gasteiger partial charge in [0.05, 0.1) is 13.2 Å². The lowest BCUT2D eigenvalue weighted by molar-refractivity contribution is -0.123. The van der Waals surface area contributed by atoms with Crippen molar-refractivity contribution in [2.75, 3.05) is 37.4 Å². The summed E-state index contributed by atoms with van der Waals surface area (Å²) in [6.45, 7) is 3.05. The van der Waals surface area contributed by atoms with Crippen molar-refractivity contribution in [2.45, 2.75) is 32.0 Å². The average Bonchev–Trinajstić information content (AvgIpc) is 2.92. The summed E-state index contributed by atoms with van der Waals surface area (Å²) in [5, 5.41) is 5.98. The van der Waals surface area contributed by atoms with Crippen LogP contribution in [-0.4, -0.2) is 60.7 Å². The van der Waals surface area contributed by atoms with Crippen LogP contribution in [0.5, 0.6) is 17.2 Å². The Balaban J connectivity index is 1.48. The molecule has 2 amide bonds.